The molecule has 0 atom stereocenters. The van der Waals surface area contributed by atoms with E-state index in [-0.39, 0.29) is 33.2 Å². The number of carboxylic acids is 1. The van der Waals surface area contributed by atoms with Crippen LogP contribution in [0.5, 0.6) is 5.75 Å². The Morgan fingerprint density at radius 3 is 1.48 bits per heavy atom. The molecular formula is C38H62O4S2. The average molecular weight is 647 g/mol. The molecule has 0 saturated carbocycles. The molecular weight excluding hydrogens is 585 g/mol. The van der Waals surface area contributed by atoms with Gasteiger partial charge < -0.3 is 9.84 Å². The molecule has 0 radical (unpaired) electrons. The predicted octanol–water partition coefficient (Wildman–Crippen LogP) is 12.0. The van der Waals surface area contributed by atoms with Crippen molar-refractivity contribution in [1.82, 2.24) is 0 Å². The van der Waals surface area contributed by atoms with E-state index < -0.39 is 11.9 Å². The van der Waals surface area contributed by atoms with Crippen LogP contribution in [0.2, 0.25) is 0 Å². The Balaban J connectivity index is 0.00000284. The first-order chi connectivity index (χ1) is 19.8. The van der Waals surface area contributed by atoms with Gasteiger partial charge in [-0.25, -0.2) is 0 Å². The van der Waals surface area contributed by atoms with Crippen LogP contribution in [0.15, 0.2) is 40.1 Å². The smallest absolute Gasteiger partial charge is 0.311 e. The Labute approximate surface area is 278 Å². The van der Waals surface area contributed by atoms with E-state index in [9.17, 15) is 9.59 Å². The van der Waals surface area contributed by atoms with Crippen LogP contribution >= 0.6 is 23.5 Å². The third kappa shape index (κ3) is 15.4. The molecule has 0 unspecified atom stereocenters. The molecule has 6 heteroatoms. The van der Waals surface area contributed by atoms with Gasteiger partial charge in [-0.05, 0) is 83.9 Å². The fraction of sp³-hybridized carbons (Fsp3) is 0.632. The number of hydrogen-bond acceptors (Lipinski definition) is 5. The van der Waals surface area contributed by atoms with E-state index in [4.69, 9.17) is 9.84 Å². The molecule has 0 fully saturated rings. The SMILES string of the molecule is CC.CC(C)C.Cc1cc(SC(C)(C)Sc2cc(C(C)(C)C)cc(C(C)(C)C)c2)cc(C(C)(C)C)c1OC(=O)CCC(=O)O. The van der Waals surface area contributed by atoms with E-state index in [1.165, 1.54) is 16.0 Å². The first-order valence-electron chi connectivity index (χ1n) is 15.9. The maximum Gasteiger partial charge on any atom is 0.311 e. The van der Waals surface area contributed by atoms with Crippen LogP contribution in [0.25, 0.3) is 0 Å². The molecule has 0 saturated heterocycles. The summed E-state index contributed by atoms with van der Waals surface area (Å²) in [6.45, 7) is 36.8. The van der Waals surface area contributed by atoms with Gasteiger partial charge in [0.05, 0.1) is 16.9 Å². The molecule has 0 spiro atoms. The summed E-state index contributed by atoms with van der Waals surface area (Å²) < 4.78 is 5.55. The zero-order valence-electron chi connectivity index (χ0n) is 30.9. The number of thioether (sulfide) groups is 2. The van der Waals surface area contributed by atoms with Gasteiger partial charge in [0, 0.05) is 15.4 Å². The van der Waals surface area contributed by atoms with E-state index in [1.54, 1.807) is 11.8 Å². The molecule has 2 aromatic carbocycles. The van der Waals surface area contributed by atoms with E-state index >= 15 is 0 Å². The van der Waals surface area contributed by atoms with Crippen LogP contribution in [0.1, 0.15) is 146 Å². The molecule has 0 bridgehead atoms. The number of benzene rings is 2. The van der Waals surface area contributed by atoms with Crippen molar-refractivity contribution < 1.29 is 19.4 Å². The second-order valence-electron chi connectivity index (χ2n) is 15.3. The highest BCUT2D eigenvalue weighted by Crippen LogP contribution is 2.48. The zero-order valence-corrected chi connectivity index (χ0v) is 32.5. The first-order valence-corrected chi connectivity index (χ1v) is 17.6. The van der Waals surface area contributed by atoms with Gasteiger partial charge in [0.2, 0.25) is 0 Å². The normalized spacial score (nSPS) is 12.1. The number of rotatable bonds is 8. The summed E-state index contributed by atoms with van der Waals surface area (Å²) in [6.07, 6.45) is -0.391. The van der Waals surface area contributed by atoms with Crippen LogP contribution in [-0.4, -0.2) is 21.1 Å². The highest BCUT2D eigenvalue weighted by atomic mass is 32.2. The van der Waals surface area contributed by atoms with Crippen molar-refractivity contribution in [2.75, 3.05) is 0 Å². The van der Waals surface area contributed by atoms with Gasteiger partial charge in [0.15, 0.2) is 0 Å². The second kappa shape index (κ2) is 17.1. The quantitative estimate of drug-likeness (QED) is 0.133. The van der Waals surface area contributed by atoms with Crippen LogP contribution in [0, 0.1) is 12.8 Å². The minimum Gasteiger partial charge on any atom is -0.481 e. The van der Waals surface area contributed by atoms with Crippen molar-refractivity contribution in [1.29, 1.82) is 0 Å². The van der Waals surface area contributed by atoms with E-state index in [2.05, 4.69) is 127 Å². The Hall–Kier alpha value is -1.92. The standard InChI is InChI=1S/C32H46O4S2.C4H10.C2H6/c1-20-15-23(19-25(31(8,9)10)28(20)36-27(35)14-13-26(33)34)37-32(11,12)38-24-17-21(29(2,3)4)16-22(18-24)30(5,6)7;1-4(2)3;1-2/h15-19H,13-14H2,1-12H3,(H,33,34);4H,1-3H3;1-2H3. The van der Waals surface area contributed by atoms with E-state index in [0.29, 0.717) is 5.75 Å². The largest absolute Gasteiger partial charge is 0.481 e. The number of aliphatic carboxylic acids is 1. The molecule has 1 N–H and O–H groups in total. The second-order valence-corrected chi connectivity index (χ2v) is 19.0. The lowest BCUT2D eigenvalue weighted by Crippen LogP contribution is -2.18. The summed E-state index contributed by atoms with van der Waals surface area (Å²) in [5, 5.41) is 8.91. The molecule has 0 aliphatic heterocycles. The number of carbonyl (C=O) groups excluding carboxylic acids is 1. The number of esters is 1. The van der Waals surface area contributed by atoms with E-state index in [1.807, 2.05) is 32.5 Å². The molecule has 250 valence electrons. The lowest BCUT2D eigenvalue weighted by molar-refractivity contribution is -0.142. The minimum absolute atomic E-state index is 0.0598. The Kier molecular flexibility index (Phi) is 16.4. The minimum atomic E-state index is -1.01. The van der Waals surface area contributed by atoms with Crippen molar-refractivity contribution >= 4 is 35.5 Å². The Morgan fingerprint density at radius 2 is 1.11 bits per heavy atom. The van der Waals surface area contributed by atoms with Crippen molar-refractivity contribution in [2.45, 2.75) is 161 Å². The van der Waals surface area contributed by atoms with Crippen LogP contribution in [0.4, 0.5) is 0 Å². The maximum atomic E-state index is 12.4. The molecule has 0 amide bonds. The predicted molar refractivity (Wildman–Crippen MR) is 194 cm³/mol. The van der Waals surface area contributed by atoms with Gasteiger partial charge in [-0.15, -0.1) is 23.5 Å². The summed E-state index contributed by atoms with van der Waals surface area (Å²) in [6, 6.07) is 11.2. The van der Waals surface area contributed by atoms with Crippen molar-refractivity contribution in [2.24, 2.45) is 5.92 Å². The number of hydrogen-bond donors (Lipinski definition) is 1. The lowest BCUT2D eigenvalue weighted by Gasteiger charge is -2.30. The van der Waals surface area contributed by atoms with Crippen molar-refractivity contribution in [3.63, 3.8) is 0 Å². The monoisotopic (exact) mass is 646 g/mol. The summed E-state index contributed by atoms with van der Waals surface area (Å²) in [5.74, 6) is -0.162. The number of carbonyl (C=O) groups is 2. The van der Waals surface area contributed by atoms with Crippen LogP contribution in [0.3, 0.4) is 0 Å². The number of aryl methyl sites for hydroxylation is 1. The first kappa shape index (κ1) is 42.1. The van der Waals surface area contributed by atoms with Gasteiger partial charge in [-0.1, -0.05) is 103 Å². The third-order valence-electron chi connectivity index (χ3n) is 6.18. The summed E-state index contributed by atoms with van der Waals surface area (Å²) in [7, 11) is 0. The van der Waals surface area contributed by atoms with Crippen molar-refractivity contribution in [3.05, 3.63) is 52.6 Å². The zero-order chi connectivity index (χ0) is 34.8. The van der Waals surface area contributed by atoms with Crippen molar-refractivity contribution in [3.8, 4) is 5.75 Å². The highest BCUT2D eigenvalue weighted by molar-refractivity contribution is 8.18. The number of carboxylic acid groups (broad SMARTS) is 1. The fourth-order valence-electron chi connectivity index (χ4n) is 3.98. The molecule has 0 heterocycles. The molecule has 2 rings (SSSR count). The molecule has 0 aliphatic rings. The fourth-order valence-corrected chi connectivity index (χ4v) is 6.64. The average Bonchev–Trinajstić information content (AvgIpc) is 2.82. The van der Waals surface area contributed by atoms with Gasteiger partial charge in [0.25, 0.3) is 0 Å². The Morgan fingerprint density at radius 1 is 0.705 bits per heavy atom. The lowest BCUT2D eigenvalue weighted by atomic mass is 9.81. The topological polar surface area (TPSA) is 63.6 Å². The van der Waals surface area contributed by atoms with E-state index in [0.717, 1.165) is 21.9 Å². The van der Waals surface area contributed by atoms with Gasteiger partial charge in [-0.3, -0.25) is 9.59 Å². The van der Waals surface area contributed by atoms with Gasteiger partial charge in [0.1, 0.15) is 5.75 Å². The molecule has 44 heavy (non-hydrogen) atoms. The van der Waals surface area contributed by atoms with Crippen LogP contribution in [-0.2, 0) is 25.8 Å². The van der Waals surface area contributed by atoms with Gasteiger partial charge >= 0.3 is 11.9 Å². The number of ether oxygens (including phenoxy) is 1. The maximum absolute atomic E-state index is 12.4. The summed E-state index contributed by atoms with van der Waals surface area (Å²) in [5.41, 5.74) is 4.35. The summed E-state index contributed by atoms with van der Waals surface area (Å²) in [4.78, 5) is 25.6. The third-order valence-corrected chi connectivity index (χ3v) is 8.61. The van der Waals surface area contributed by atoms with Crippen LogP contribution < -0.4 is 4.74 Å². The molecule has 0 aromatic heterocycles. The molecule has 2 aromatic rings. The van der Waals surface area contributed by atoms with Gasteiger partial charge in [-0.2, -0.15) is 0 Å². The summed E-state index contributed by atoms with van der Waals surface area (Å²) >= 11 is 3.67. The highest BCUT2D eigenvalue weighted by Gasteiger charge is 2.28. The molecule has 0 aliphatic carbocycles. The Bertz CT molecular complexity index is 1190. The molecule has 4 nitrogen and oxygen atoms in total.